The lowest BCUT2D eigenvalue weighted by Crippen LogP contribution is -2.17. The summed E-state index contributed by atoms with van der Waals surface area (Å²) in [7, 11) is 0. The molecule has 0 aliphatic carbocycles. The molecule has 0 atom stereocenters. The minimum absolute atomic E-state index is 0.314. The fraction of sp³-hybridized carbons (Fsp3) is 0.100. The number of H-pyrrole nitrogens is 1. The molecule has 1 aromatic carbocycles. The van der Waals surface area contributed by atoms with E-state index in [1.165, 1.54) is 4.52 Å². The van der Waals surface area contributed by atoms with E-state index >= 15 is 0 Å². The highest BCUT2D eigenvalue weighted by Crippen LogP contribution is 2.19. The molecule has 0 unspecified atom stereocenters. The van der Waals surface area contributed by atoms with Gasteiger partial charge in [-0.05, 0) is 25.1 Å². The van der Waals surface area contributed by atoms with Crippen molar-refractivity contribution in [3.05, 3.63) is 39.5 Å². The fourth-order valence-electron chi connectivity index (χ4n) is 1.71. The molecular weight excluding hydrogens is 228 g/mol. The van der Waals surface area contributed by atoms with Gasteiger partial charge in [-0.15, -0.1) is 5.10 Å². The van der Waals surface area contributed by atoms with Gasteiger partial charge >= 0.3 is 5.69 Å². The Hall–Kier alpha value is -1.88. The quantitative estimate of drug-likeness (QED) is 0.642. The van der Waals surface area contributed by atoms with Crippen LogP contribution in [0.1, 0.15) is 5.82 Å². The van der Waals surface area contributed by atoms with Crippen molar-refractivity contribution in [3.8, 4) is 0 Å². The van der Waals surface area contributed by atoms with Gasteiger partial charge < -0.3 is 4.98 Å². The molecule has 6 heteroatoms. The number of rotatable bonds is 0. The summed E-state index contributed by atoms with van der Waals surface area (Å²) in [4.78, 5) is 18.6. The summed E-state index contributed by atoms with van der Waals surface area (Å²) in [6.07, 6.45) is 0. The monoisotopic (exact) mass is 234 g/mol. The lowest BCUT2D eigenvalue weighted by Gasteiger charge is -1.99. The summed E-state index contributed by atoms with van der Waals surface area (Å²) in [5.41, 5.74) is 0.899. The van der Waals surface area contributed by atoms with E-state index in [0.29, 0.717) is 22.0 Å². The average molecular weight is 235 g/mol. The van der Waals surface area contributed by atoms with E-state index in [9.17, 15) is 4.79 Å². The predicted molar refractivity (Wildman–Crippen MR) is 60.9 cm³/mol. The Labute approximate surface area is 94.7 Å². The van der Waals surface area contributed by atoms with Gasteiger partial charge in [0.2, 0.25) is 0 Å². The standard InChI is InChI=1S/C10H7ClN4O/c1-5-12-9-7-3-2-6(11)4-8(7)13-10(16)15(9)14-5/h2-4H,1H3,(H,13,16). The predicted octanol–water partition coefficient (Wildman–Crippen LogP) is 1.53. The van der Waals surface area contributed by atoms with Crippen LogP contribution in [0, 0.1) is 6.92 Å². The van der Waals surface area contributed by atoms with Crippen LogP contribution in [0.4, 0.5) is 0 Å². The normalized spacial score (nSPS) is 11.4. The molecule has 0 radical (unpaired) electrons. The lowest BCUT2D eigenvalue weighted by atomic mass is 10.2. The van der Waals surface area contributed by atoms with Crippen LogP contribution in [0.15, 0.2) is 23.0 Å². The van der Waals surface area contributed by atoms with Crippen LogP contribution in [0.5, 0.6) is 0 Å². The van der Waals surface area contributed by atoms with Crippen molar-refractivity contribution in [2.45, 2.75) is 6.92 Å². The van der Waals surface area contributed by atoms with Gasteiger partial charge in [0.05, 0.1) is 5.52 Å². The first kappa shape index (κ1) is 9.35. The molecule has 0 saturated carbocycles. The second kappa shape index (κ2) is 3.05. The SMILES string of the molecule is Cc1nc2c3ccc(Cl)cc3[nH]c(=O)n2n1. The van der Waals surface area contributed by atoms with E-state index in [0.717, 1.165) is 5.39 Å². The number of nitrogens with zero attached hydrogens (tertiary/aromatic N) is 3. The maximum absolute atomic E-state index is 11.7. The maximum Gasteiger partial charge on any atom is 0.348 e. The molecule has 1 N–H and O–H groups in total. The summed E-state index contributed by atoms with van der Waals surface area (Å²) in [6, 6.07) is 5.27. The Morgan fingerprint density at radius 3 is 3.06 bits per heavy atom. The number of aromatic nitrogens is 4. The first-order valence-corrected chi connectivity index (χ1v) is 5.08. The van der Waals surface area contributed by atoms with Crippen molar-refractivity contribution in [3.63, 3.8) is 0 Å². The van der Waals surface area contributed by atoms with E-state index in [1.807, 2.05) is 6.07 Å². The summed E-state index contributed by atoms with van der Waals surface area (Å²) >= 11 is 5.86. The number of nitrogens with one attached hydrogen (secondary N) is 1. The maximum atomic E-state index is 11.7. The van der Waals surface area contributed by atoms with Crippen LogP contribution in [-0.4, -0.2) is 19.6 Å². The molecule has 3 rings (SSSR count). The van der Waals surface area contributed by atoms with E-state index in [1.54, 1.807) is 19.1 Å². The van der Waals surface area contributed by atoms with Crippen molar-refractivity contribution >= 4 is 28.2 Å². The average Bonchev–Trinajstić information content (AvgIpc) is 2.60. The molecular formula is C10H7ClN4O. The molecule has 3 aromatic rings. The molecule has 80 valence electrons. The topological polar surface area (TPSA) is 63.0 Å². The Morgan fingerprint density at radius 1 is 1.44 bits per heavy atom. The molecule has 0 fully saturated rings. The molecule has 2 heterocycles. The fourth-order valence-corrected chi connectivity index (χ4v) is 1.89. The zero-order chi connectivity index (χ0) is 11.3. The van der Waals surface area contributed by atoms with E-state index in [4.69, 9.17) is 11.6 Å². The van der Waals surface area contributed by atoms with Gasteiger partial charge in [-0.3, -0.25) is 0 Å². The van der Waals surface area contributed by atoms with Crippen molar-refractivity contribution < 1.29 is 0 Å². The largest absolute Gasteiger partial charge is 0.348 e. The third-order valence-electron chi connectivity index (χ3n) is 2.37. The van der Waals surface area contributed by atoms with Crippen molar-refractivity contribution in [1.82, 2.24) is 19.6 Å². The molecule has 0 aliphatic rings. The van der Waals surface area contributed by atoms with Gasteiger partial charge in [-0.2, -0.15) is 4.52 Å². The van der Waals surface area contributed by atoms with Gasteiger partial charge in [0.1, 0.15) is 5.82 Å². The summed E-state index contributed by atoms with van der Waals surface area (Å²) in [5.74, 6) is 0.563. The Balaban J connectivity index is 2.63. The number of aryl methyl sites for hydroxylation is 1. The lowest BCUT2D eigenvalue weighted by molar-refractivity contribution is 0.863. The Kier molecular flexibility index (Phi) is 1.79. The molecule has 0 saturated heterocycles. The molecule has 16 heavy (non-hydrogen) atoms. The highest BCUT2D eigenvalue weighted by atomic mass is 35.5. The van der Waals surface area contributed by atoms with Gasteiger partial charge in [0.25, 0.3) is 0 Å². The second-order valence-corrected chi connectivity index (χ2v) is 3.95. The van der Waals surface area contributed by atoms with E-state index in [-0.39, 0.29) is 5.69 Å². The minimum atomic E-state index is -0.314. The molecule has 5 nitrogen and oxygen atoms in total. The molecule has 0 aliphatic heterocycles. The first-order valence-electron chi connectivity index (χ1n) is 4.70. The van der Waals surface area contributed by atoms with Crippen molar-refractivity contribution in [2.24, 2.45) is 0 Å². The van der Waals surface area contributed by atoms with Crippen molar-refractivity contribution in [1.29, 1.82) is 0 Å². The number of hydrogen-bond donors (Lipinski definition) is 1. The van der Waals surface area contributed by atoms with Crippen LogP contribution >= 0.6 is 11.6 Å². The summed E-state index contributed by atoms with van der Waals surface area (Å²) in [5, 5.41) is 5.41. The summed E-state index contributed by atoms with van der Waals surface area (Å²) in [6.45, 7) is 1.74. The third-order valence-corrected chi connectivity index (χ3v) is 2.60. The van der Waals surface area contributed by atoms with Crippen LogP contribution in [0.3, 0.4) is 0 Å². The number of benzene rings is 1. The first-order chi connectivity index (χ1) is 7.65. The second-order valence-electron chi connectivity index (χ2n) is 3.51. The van der Waals surface area contributed by atoms with Gasteiger partial charge in [0, 0.05) is 10.4 Å². The zero-order valence-corrected chi connectivity index (χ0v) is 9.12. The number of hydrogen-bond acceptors (Lipinski definition) is 3. The Bertz CT molecular complexity index is 758. The smallest absolute Gasteiger partial charge is 0.305 e. The zero-order valence-electron chi connectivity index (χ0n) is 8.36. The van der Waals surface area contributed by atoms with Crippen LogP contribution in [0.25, 0.3) is 16.6 Å². The van der Waals surface area contributed by atoms with Gasteiger partial charge in [-0.25, -0.2) is 9.78 Å². The van der Waals surface area contributed by atoms with Gasteiger partial charge in [0.15, 0.2) is 5.65 Å². The molecule has 0 amide bonds. The number of fused-ring (bicyclic) bond motifs is 3. The number of aromatic amines is 1. The van der Waals surface area contributed by atoms with E-state index < -0.39 is 0 Å². The van der Waals surface area contributed by atoms with Crippen LogP contribution in [-0.2, 0) is 0 Å². The van der Waals surface area contributed by atoms with E-state index in [2.05, 4.69) is 15.1 Å². The third kappa shape index (κ3) is 1.22. The highest BCUT2D eigenvalue weighted by molar-refractivity contribution is 6.31. The Morgan fingerprint density at radius 2 is 2.25 bits per heavy atom. The molecule has 2 aromatic heterocycles. The minimum Gasteiger partial charge on any atom is -0.305 e. The number of halogens is 1. The van der Waals surface area contributed by atoms with Crippen LogP contribution < -0.4 is 5.69 Å². The van der Waals surface area contributed by atoms with Crippen molar-refractivity contribution in [2.75, 3.05) is 0 Å². The summed E-state index contributed by atoms with van der Waals surface area (Å²) < 4.78 is 1.26. The molecule has 0 bridgehead atoms. The highest BCUT2D eigenvalue weighted by Gasteiger charge is 2.08. The van der Waals surface area contributed by atoms with Gasteiger partial charge in [-0.1, -0.05) is 11.6 Å². The van der Waals surface area contributed by atoms with Crippen LogP contribution in [0.2, 0.25) is 5.02 Å². The molecule has 0 spiro atoms.